The predicted octanol–water partition coefficient (Wildman–Crippen LogP) is 3.97. The number of hydrogen-bond donors (Lipinski definition) is 2. The zero-order valence-corrected chi connectivity index (χ0v) is 16.1. The van der Waals surface area contributed by atoms with Crippen LogP contribution in [-0.2, 0) is 6.42 Å². The van der Waals surface area contributed by atoms with Gasteiger partial charge >= 0.3 is 0 Å². The predicted molar refractivity (Wildman–Crippen MR) is 113 cm³/mol. The molecule has 4 aromatic rings. The van der Waals surface area contributed by atoms with Gasteiger partial charge in [0.25, 0.3) is 5.56 Å². The number of nitrogens with one attached hydrogen (secondary N) is 2. The maximum atomic E-state index is 13.6. The summed E-state index contributed by atoms with van der Waals surface area (Å²) in [5.74, 6) is 0.891. The summed E-state index contributed by atoms with van der Waals surface area (Å²) in [6.07, 6.45) is 4.83. The number of fused-ring (bicyclic) bond motifs is 2. The second kappa shape index (κ2) is 7.44. The number of benzene rings is 2. The maximum absolute atomic E-state index is 13.6. The third-order valence-electron chi connectivity index (χ3n) is 6.03. The normalized spacial score (nSPS) is 16.0. The lowest BCUT2D eigenvalue weighted by molar-refractivity contribution is 0.211. The number of hydrogen-bond acceptors (Lipinski definition) is 3. The molecule has 0 amide bonds. The Morgan fingerprint density at radius 1 is 1.10 bits per heavy atom. The van der Waals surface area contributed by atoms with E-state index in [1.165, 1.54) is 6.07 Å². The van der Waals surface area contributed by atoms with Gasteiger partial charge in [-0.25, -0.2) is 9.37 Å². The summed E-state index contributed by atoms with van der Waals surface area (Å²) in [5.41, 5.74) is 2.84. The van der Waals surface area contributed by atoms with Crippen LogP contribution in [0.4, 0.5) is 4.39 Å². The molecule has 1 saturated heterocycles. The van der Waals surface area contributed by atoms with Crippen molar-refractivity contribution in [3.8, 4) is 0 Å². The van der Waals surface area contributed by atoms with Gasteiger partial charge in [-0.2, -0.15) is 0 Å². The minimum absolute atomic E-state index is 0.0559. The fourth-order valence-corrected chi connectivity index (χ4v) is 4.36. The van der Waals surface area contributed by atoms with E-state index >= 15 is 0 Å². The minimum atomic E-state index is -0.198. The van der Waals surface area contributed by atoms with Gasteiger partial charge in [0.05, 0.1) is 10.9 Å². The van der Waals surface area contributed by atoms with Crippen molar-refractivity contribution >= 4 is 21.8 Å². The third-order valence-corrected chi connectivity index (χ3v) is 6.03. The van der Waals surface area contributed by atoms with Gasteiger partial charge in [0.2, 0.25) is 0 Å². The van der Waals surface area contributed by atoms with Gasteiger partial charge in [0.1, 0.15) is 11.6 Å². The van der Waals surface area contributed by atoms with E-state index in [1.54, 1.807) is 12.1 Å². The van der Waals surface area contributed by atoms with Gasteiger partial charge in [0.15, 0.2) is 0 Å². The highest BCUT2D eigenvalue weighted by Crippen LogP contribution is 2.26. The largest absolute Gasteiger partial charge is 0.361 e. The van der Waals surface area contributed by atoms with Crippen molar-refractivity contribution in [2.75, 3.05) is 19.6 Å². The van der Waals surface area contributed by atoms with Gasteiger partial charge in [0, 0.05) is 29.6 Å². The van der Waals surface area contributed by atoms with Crippen LogP contribution in [0.2, 0.25) is 0 Å². The zero-order chi connectivity index (χ0) is 19.8. The lowest BCUT2D eigenvalue weighted by atomic mass is 9.95. The van der Waals surface area contributed by atoms with E-state index < -0.39 is 0 Å². The second-order valence-electron chi connectivity index (χ2n) is 7.84. The fraction of sp³-hybridized carbons (Fsp3) is 0.304. The molecule has 5 nitrogen and oxygen atoms in total. The molecule has 0 spiro atoms. The first-order valence-corrected chi connectivity index (χ1v) is 10.1. The van der Waals surface area contributed by atoms with Crippen molar-refractivity contribution in [3.05, 3.63) is 76.2 Å². The molecule has 0 radical (unpaired) electrons. The number of piperidine rings is 1. The van der Waals surface area contributed by atoms with E-state index in [0.29, 0.717) is 5.39 Å². The summed E-state index contributed by atoms with van der Waals surface area (Å²) >= 11 is 0. The van der Waals surface area contributed by atoms with Gasteiger partial charge in [-0.1, -0.05) is 12.1 Å². The maximum Gasteiger partial charge on any atom is 0.258 e. The molecule has 2 aromatic heterocycles. The molecule has 0 unspecified atom stereocenters. The first kappa shape index (κ1) is 18.1. The molecule has 1 aliphatic heterocycles. The number of aromatic amines is 2. The number of likely N-dealkylation sites (tertiary alicyclic amines) is 1. The summed E-state index contributed by atoms with van der Waals surface area (Å²) in [6.45, 7) is 2.88. The summed E-state index contributed by atoms with van der Waals surface area (Å²) in [4.78, 5) is 25.7. The van der Waals surface area contributed by atoms with E-state index in [4.69, 9.17) is 4.98 Å². The van der Waals surface area contributed by atoms with Crippen molar-refractivity contribution in [1.82, 2.24) is 19.9 Å². The Hall–Kier alpha value is -2.99. The molecule has 1 fully saturated rings. The van der Waals surface area contributed by atoms with Crippen LogP contribution in [0.1, 0.15) is 30.1 Å². The van der Waals surface area contributed by atoms with E-state index in [-0.39, 0.29) is 17.3 Å². The highest BCUT2D eigenvalue weighted by molar-refractivity contribution is 5.83. The molecule has 5 rings (SSSR count). The minimum Gasteiger partial charge on any atom is -0.361 e. The van der Waals surface area contributed by atoms with Gasteiger partial charge in [-0.15, -0.1) is 0 Å². The van der Waals surface area contributed by atoms with Crippen LogP contribution in [0.25, 0.3) is 21.8 Å². The molecule has 29 heavy (non-hydrogen) atoms. The van der Waals surface area contributed by atoms with Crippen molar-refractivity contribution in [2.24, 2.45) is 0 Å². The molecule has 6 heteroatoms. The van der Waals surface area contributed by atoms with Crippen molar-refractivity contribution in [2.45, 2.75) is 25.2 Å². The van der Waals surface area contributed by atoms with Crippen LogP contribution in [0.5, 0.6) is 0 Å². The number of rotatable bonds is 4. The van der Waals surface area contributed by atoms with E-state index in [9.17, 15) is 9.18 Å². The molecule has 0 bridgehead atoms. The third kappa shape index (κ3) is 3.56. The van der Waals surface area contributed by atoms with Crippen LogP contribution >= 0.6 is 0 Å². The lowest BCUT2D eigenvalue weighted by Gasteiger charge is -2.31. The zero-order valence-electron chi connectivity index (χ0n) is 16.1. The van der Waals surface area contributed by atoms with Crippen LogP contribution in [-0.4, -0.2) is 39.5 Å². The lowest BCUT2D eigenvalue weighted by Crippen LogP contribution is -2.35. The molecule has 0 atom stereocenters. The SMILES string of the molecule is O=c1[nH]c(C2CCN(CCc3c[nH]c4ccc(F)cc34)CC2)nc2ccccc12. The molecular formula is C23H23FN4O. The smallest absolute Gasteiger partial charge is 0.258 e. The number of para-hydroxylation sites is 1. The van der Waals surface area contributed by atoms with Crippen LogP contribution in [0.3, 0.4) is 0 Å². The first-order valence-electron chi connectivity index (χ1n) is 10.1. The van der Waals surface area contributed by atoms with E-state index in [1.807, 2.05) is 30.5 Å². The monoisotopic (exact) mass is 390 g/mol. The Morgan fingerprint density at radius 3 is 2.79 bits per heavy atom. The molecule has 148 valence electrons. The molecule has 3 heterocycles. The van der Waals surface area contributed by atoms with Crippen molar-refractivity contribution in [1.29, 1.82) is 0 Å². The number of aromatic nitrogens is 3. The Morgan fingerprint density at radius 2 is 1.93 bits per heavy atom. The van der Waals surface area contributed by atoms with Gasteiger partial charge in [-0.05, 0) is 68.2 Å². The molecule has 0 saturated carbocycles. The van der Waals surface area contributed by atoms with E-state index in [0.717, 1.165) is 66.7 Å². The topological polar surface area (TPSA) is 64.8 Å². The van der Waals surface area contributed by atoms with Crippen LogP contribution in [0, 0.1) is 5.82 Å². The number of halogens is 1. The summed E-state index contributed by atoms with van der Waals surface area (Å²) < 4.78 is 13.6. The van der Waals surface area contributed by atoms with Gasteiger partial charge < -0.3 is 14.9 Å². The van der Waals surface area contributed by atoms with Crippen LogP contribution < -0.4 is 5.56 Å². The van der Waals surface area contributed by atoms with Crippen LogP contribution in [0.15, 0.2) is 53.5 Å². The molecule has 0 aliphatic carbocycles. The quantitative estimate of drug-likeness (QED) is 0.554. The first-order chi connectivity index (χ1) is 14.2. The van der Waals surface area contributed by atoms with Crippen molar-refractivity contribution < 1.29 is 4.39 Å². The van der Waals surface area contributed by atoms with Crippen molar-refractivity contribution in [3.63, 3.8) is 0 Å². The molecular weight excluding hydrogens is 367 g/mol. The fourth-order valence-electron chi connectivity index (χ4n) is 4.36. The Bertz CT molecular complexity index is 1220. The average molecular weight is 390 g/mol. The molecule has 2 aromatic carbocycles. The highest BCUT2D eigenvalue weighted by atomic mass is 19.1. The second-order valence-corrected chi connectivity index (χ2v) is 7.84. The van der Waals surface area contributed by atoms with E-state index in [2.05, 4.69) is 14.9 Å². The Labute approximate surface area is 167 Å². The Kier molecular flexibility index (Phi) is 4.64. The average Bonchev–Trinajstić information content (AvgIpc) is 3.14. The number of H-pyrrole nitrogens is 2. The van der Waals surface area contributed by atoms with Gasteiger partial charge in [-0.3, -0.25) is 4.79 Å². The standard InChI is InChI=1S/C23H23FN4O/c24-17-5-6-20-19(13-17)16(14-25-20)9-12-28-10-7-15(8-11-28)22-26-21-4-2-1-3-18(21)23(29)27-22/h1-6,13-15,25H,7-12H2,(H,26,27,29). The highest BCUT2D eigenvalue weighted by Gasteiger charge is 2.23. The molecule has 2 N–H and O–H groups in total. The summed E-state index contributed by atoms with van der Waals surface area (Å²) in [5, 5.41) is 1.61. The number of nitrogens with zero attached hydrogens (tertiary/aromatic N) is 2. The molecule has 1 aliphatic rings. The summed E-state index contributed by atoms with van der Waals surface area (Å²) in [6, 6.07) is 12.4. The summed E-state index contributed by atoms with van der Waals surface area (Å²) in [7, 11) is 0. The Balaban J connectivity index is 1.24.